The van der Waals surface area contributed by atoms with E-state index in [0.29, 0.717) is 18.5 Å². The molecule has 1 aromatic heterocycles. The van der Waals surface area contributed by atoms with E-state index in [4.69, 9.17) is 0 Å². The Morgan fingerprint density at radius 2 is 2.07 bits per heavy atom. The van der Waals surface area contributed by atoms with Crippen molar-refractivity contribution in [2.45, 2.75) is 46.1 Å². The number of rotatable bonds is 5. The third kappa shape index (κ3) is 4.64. The molecule has 2 N–H and O–H groups in total. The second-order valence-electron chi connectivity index (χ2n) is 7.12. The third-order valence-corrected chi connectivity index (χ3v) is 4.83. The van der Waals surface area contributed by atoms with Crippen LogP contribution in [0.1, 0.15) is 36.6 Å². The molecule has 0 aliphatic carbocycles. The number of aromatic nitrogens is 1. The Bertz CT molecular complexity index is 850. The van der Waals surface area contributed by atoms with Gasteiger partial charge in [0.2, 0.25) is 5.91 Å². The second-order valence-corrected chi connectivity index (χ2v) is 7.12. The number of urea groups is 1. The van der Waals surface area contributed by atoms with Crippen molar-refractivity contribution in [3.63, 3.8) is 0 Å². The first-order valence-electron chi connectivity index (χ1n) is 9.33. The quantitative estimate of drug-likeness (QED) is 0.849. The van der Waals surface area contributed by atoms with Crippen molar-refractivity contribution in [1.29, 1.82) is 0 Å². The minimum absolute atomic E-state index is 0.0521. The second kappa shape index (κ2) is 8.20. The van der Waals surface area contributed by atoms with Gasteiger partial charge >= 0.3 is 6.03 Å². The first-order chi connectivity index (χ1) is 12.9. The van der Waals surface area contributed by atoms with Gasteiger partial charge in [-0.3, -0.25) is 9.78 Å². The number of amides is 3. The molecule has 1 fully saturated rings. The number of carbonyl (C=O) groups is 2. The van der Waals surface area contributed by atoms with Gasteiger partial charge in [0, 0.05) is 48.7 Å². The highest BCUT2D eigenvalue weighted by atomic mass is 16.2. The zero-order valence-electron chi connectivity index (χ0n) is 16.1. The van der Waals surface area contributed by atoms with Crippen LogP contribution in [0.2, 0.25) is 0 Å². The van der Waals surface area contributed by atoms with Gasteiger partial charge in [0.15, 0.2) is 0 Å². The normalized spacial score (nSPS) is 14.9. The number of aryl methyl sites for hydroxylation is 2. The van der Waals surface area contributed by atoms with Crippen LogP contribution in [0.5, 0.6) is 0 Å². The van der Waals surface area contributed by atoms with Crippen LogP contribution in [0, 0.1) is 13.8 Å². The molecule has 2 heterocycles. The van der Waals surface area contributed by atoms with Gasteiger partial charge in [0.25, 0.3) is 0 Å². The van der Waals surface area contributed by atoms with Gasteiger partial charge in [-0.25, -0.2) is 4.79 Å². The number of anilines is 2. The zero-order chi connectivity index (χ0) is 19.4. The minimum atomic E-state index is -0.265. The summed E-state index contributed by atoms with van der Waals surface area (Å²) in [7, 11) is 0. The van der Waals surface area contributed by atoms with Gasteiger partial charge in [-0.15, -0.1) is 0 Å². The first-order valence-corrected chi connectivity index (χ1v) is 9.33. The average Bonchev–Trinajstić information content (AvgIpc) is 3.04. The van der Waals surface area contributed by atoms with Crippen molar-refractivity contribution in [1.82, 2.24) is 10.3 Å². The van der Waals surface area contributed by atoms with Crippen molar-refractivity contribution >= 4 is 23.3 Å². The fourth-order valence-electron chi connectivity index (χ4n) is 3.34. The summed E-state index contributed by atoms with van der Waals surface area (Å²) in [5.41, 5.74) is 4.66. The molecule has 1 atom stereocenters. The van der Waals surface area contributed by atoms with Crippen molar-refractivity contribution < 1.29 is 9.59 Å². The molecule has 0 saturated carbocycles. The lowest BCUT2D eigenvalue weighted by molar-refractivity contribution is -0.117. The van der Waals surface area contributed by atoms with Gasteiger partial charge in [0.1, 0.15) is 0 Å². The topological polar surface area (TPSA) is 74.3 Å². The predicted octanol–water partition coefficient (Wildman–Crippen LogP) is 3.58. The molecular weight excluding hydrogens is 340 g/mol. The number of carbonyl (C=O) groups excluding carboxylic acids is 2. The zero-order valence-corrected chi connectivity index (χ0v) is 16.1. The summed E-state index contributed by atoms with van der Waals surface area (Å²) in [5, 5.41) is 5.82. The van der Waals surface area contributed by atoms with Gasteiger partial charge in [-0.2, -0.15) is 0 Å². The number of pyridine rings is 1. The molecule has 0 spiro atoms. The molecule has 1 saturated heterocycles. The molecule has 1 aromatic carbocycles. The van der Waals surface area contributed by atoms with Crippen LogP contribution in [0.25, 0.3) is 0 Å². The molecule has 1 aliphatic heterocycles. The fraction of sp³-hybridized carbons (Fsp3) is 0.381. The number of hydrogen-bond donors (Lipinski definition) is 2. The van der Waals surface area contributed by atoms with E-state index >= 15 is 0 Å². The summed E-state index contributed by atoms with van der Waals surface area (Å²) in [6, 6.07) is 9.25. The molecule has 1 aliphatic rings. The third-order valence-electron chi connectivity index (χ3n) is 4.83. The predicted molar refractivity (Wildman–Crippen MR) is 107 cm³/mol. The Hall–Kier alpha value is -2.89. The summed E-state index contributed by atoms with van der Waals surface area (Å²) in [6.45, 7) is 6.68. The fourth-order valence-corrected chi connectivity index (χ4v) is 3.34. The van der Waals surface area contributed by atoms with Crippen LogP contribution in [-0.2, 0) is 11.2 Å². The van der Waals surface area contributed by atoms with E-state index in [9.17, 15) is 9.59 Å². The van der Waals surface area contributed by atoms with Crippen LogP contribution in [0.4, 0.5) is 16.2 Å². The molecule has 3 rings (SSSR count). The molecule has 142 valence electrons. The van der Waals surface area contributed by atoms with E-state index in [-0.39, 0.29) is 18.0 Å². The highest BCUT2D eigenvalue weighted by Crippen LogP contribution is 2.28. The van der Waals surface area contributed by atoms with Gasteiger partial charge in [0.05, 0.1) is 0 Å². The summed E-state index contributed by atoms with van der Waals surface area (Å²) >= 11 is 0. The van der Waals surface area contributed by atoms with Gasteiger partial charge in [-0.05, 0) is 56.5 Å². The van der Waals surface area contributed by atoms with Gasteiger partial charge in [-0.1, -0.05) is 12.1 Å². The molecule has 1 unspecified atom stereocenters. The Kier molecular flexibility index (Phi) is 5.74. The van der Waals surface area contributed by atoms with Crippen molar-refractivity contribution in [3.05, 3.63) is 53.3 Å². The van der Waals surface area contributed by atoms with E-state index in [2.05, 4.69) is 15.6 Å². The summed E-state index contributed by atoms with van der Waals surface area (Å²) in [5.74, 6) is 0.138. The van der Waals surface area contributed by atoms with Crippen LogP contribution >= 0.6 is 0 Å². The summed E-state index contributed by atoms with van der Waals surface area (Å²) in [6.07, 6.45) is 3.90. The minimum Gasteiger partial charge on any atom is -0.335 e. The Morgan fingerprint density at radius 1 is 1.26 bits per heavy atom. The summed E-state index contributed by atoms with van der Waals surface area (Å²) < 4.78 is 0. The van der Waals surface area contributed by atoms with E-state index in [1.165, 1.54) is 0 Å². The molecule has 3 amide bonds. The monoisotopic (exact) mass is 366 g/mol. The van der Waals surface area contributed by atoms with Crippen LogP contribution in [0.15, 0.2) is 36.5 Å². The summed E-state index contributed by atoms with van der Waals surface area (Å²) in [4.78, 5) is 30.6. The lowest BCUT2D eigenvalue weighted by Gasteiger charge is -2.20. The maximum absolute atomic E-state index is 12.4. The highest BCUT2D eigenvalue weighted by molar-refractivity contribution is 5.97. The Labute approximate surface area is 160 Å². The van der Waals surface area contributed by atoms with E-state index in [0.717, 1.165) is 35.5 Å². The van der Waals surface area contributed by atoms with Crippen molar-refractivity contribution in [2.75, 3.05) is 16.8 Å². The largest absolute Gasteiger partial charge is 0.335 e. The standard InChI is InChI=1S/C21H26N4O2/c1-14-6-4-10-22-18(14)12-16(3)23-21(27)24-17-9-8-15(2)19(13-17)25-11-5-7-20(25)26/h4,6,8-10,13,16H,5,7,11-12H2,1-3H3,(H2,23,24,27). The van der Waals surface area contributed by atoms with Crippen molar-refractivity contribution in [3.8, 4) is 0 Å². The molecule has 6 nitrogen and oxygen atoms in total. The number of nitrogens with zero attached hydrogens (tertiary/aromatic N) is 2. The molecule has 0 bridgehead atoms. The number of hydrogen-bond acceptors (Lipinski definition) is 3. The lowest BCUT2D eigenvalue weighted by Crippen LogP contribution is -2.37. The maximum atomic E-state index is 12.4. The molecule has 27 heavy (non-hydrogen) atoms. The number of benzene rings is 1. The number of nitrogens with one attached hydrogen (secondary N) is 2. The van der Waals surface area contributed by atoms with E-state index in [1.54, 1.807) is 11.1 Å². The molecular formula is C21H26N4O2. The molecule has 6 heteroatoms. The maximum Gasteiger partial charge on any atom is 0.319 e. The van der Waals surface area contributed by atoms with Crippen LogP contribution in [-0.4, -0.2) is 29.5 Å². The van der Waals surface area contributed by atoms with E-state index < -0.39 is 0 Å². The molecule has 0 radical (unpaired) electrons. The van der Waals surface area contributed by atoms with Crippen LogP contribution < -0.4 is 15.5 Å². The van der Waals surface area contributed by atoms with E-state index in [1.807, 2.05) is 51.1 Å². The highest BCUT2D eigenvalue weighted by Gasteiger charge is 2.23. The van der Waals surface area contributed by atoms with Gasteiger partial charge < -0.3 is 15.5 Å². The Balaban J connectivity index is 1.62. The average molecular weight is 366 g/mol. The SMILES string of the molecule is Cc1ccc(NC(=O)NC(C)Cc2ncccc2C)cc1N1CCCC1=O. The lowest BCUT2D eigenvalue weighted by atomic mass is 10.1. The van der Waals surface area contributed by atoms with Crippen LogP contribution in [0.3, 0.4) is 0 Å². The first kappa shape index (κ1) is 18.9. The molecule has 2 aromatic rings. The Morgan fingerprint density at radius 3 is 2.78 bits per heavy atom. The van der Waals surface area contributed by atoms with Crippen molar-refractivity contribution in [2.24, 2.45) is 0 Å². The smallest absolute Gasteiger partial charge is 0.319 e.